The van der Waals surface area contributed by atoms with E-state index in [4.69, 9.17) is 0 Å². The van der Waals surface area contributed by atoms with Gasteiger partial charge in [-0.05, 0) is 25.2 Å². The summed E-state index contributed by atoms with van der Waals surface area (Å²) in [7, 11) is 1.61. The van der Waals surface area contributed by atoms with Gasteiger partial charge >= 0.3 is 0 Å². The van der Waals surface area contributed by atoms with Gasteiger partial charge in [-0.3, -0.25) is 0 Å². The van der Waals surface area contributed by atoms with E-state index in [0.29, 0.717) is 11.8 Å². The van der Waals surface area contributed by atoms with E-state index in [-0.39, 0.29) is 5.82 Å². The molecular formula is C9H9BrFNO. The zero-order valence-corrected chi connectivity index (χ0v) is 8.64. The number of aldehydes is 1. The molecule has 1 atom stereocenters. The van der Waals surface area contributed by atoms with Crippen molar-refractivity contribution in [3.05, 3.63) is 34.1 Å². The fourth-order valence-corrected chi connectivity index (χ4v) is 1.43. The van der Waals surface area contributed by atoms with E-state index >= 15 is 0 Å². The van der Waals surface area contributed by atoms with Crippen molar-refractivity contribution in [2.24, 2.45) is 0 Å². The Kier molecular flexibility index (Phi) is 3.57. The summed E-state index contributed by atoms with van der Waals surface area (Å²) in [5, 5.41) is 2.71. The van der Waals surface area contributed by atoms with Gasteiger partial charge in [-0.15, -0.1) is 0 Å². The zero-order chi connectivity index (χ0) is 9.84. The molecule has 0 aromatic heterocycles. The molecule has 4 heteroatoms. The number of carbonyl (C=O) groups excluding carboxylic acids is 1. The quantitative estimate of drug-likeness (QED) is 0.827. The first-order valence-electron chi connectivity index (χ1n) is 3.76. The molecule has 0 saturated heterocycles. The monoisotopic (exact) mass is 245 g/mol. The summed E-state index contributed by atoms with van der Waals surface area (Å²) in [6.45, 7) is 0. The van der Waals surface area contributed by atoms with E-state index in [1.165, 1.54) is 6.07 Å². The summed E-state index contributed by atoms with van der Waals surface area (Å²) < 4.78 is 13.9. The Morgan fingerprint density at radius 1 is 1.62 bits per heavy atom. The molecule has 0 bridgehead atoms. The van der Waals surface area contributed by atoms with Crippen LogP contribution >= 0.6 is 15.9 Å². The van der Waals surface area contributed by atoms with Gasteiger partial charge < -0.3 is 10.1 Å². The molecule has 1 N–H and O–H groups in total. The third-order valence-electron chi connectivity index (χ3n) is 1.74. The van der Waals surface area contributed by atoms with Gasteiger partial charge in [-0.1, -0.05) is 15.9 Å². The fourth-order valence-electron chi connectivity index (χ4n) is 1.05. The Hall–Kier alpha value is -0.740. The third kappa shape index (κ3) is 2.35. The average molecular weight is 246 g/mol. The smallest absolute Gasteiger partial charge is 0.141 e. The van der Waals surface area contributed by atoms with Crippen molar-refractivity contribution in [2.75, 3.05) is 7.05 Å². The van der Waals surface area contributed by atoms with Crippen LogP contribution < -0.4 is 5.32 Å². The van der Waals surface area contributed by atoms with Gasteiger partial charge in [-0.25, -0.2) is 4.39 Å². The normalized spacial score (nSPS) is 12.5. The second-order valence-electron chi connectivity index (χ2n) is 2.57. The molecule has 0 radical (unpaired) electrons. The SMILES string of the molecule is CNC(C=O)c1cc(Br)ccc1F. The lowest BCUT2D eigenvalue weighted by Gasteiger charge is -2.10. The molecule has 0 aliphatic heterocycles. The van der Waals surface area contributed by atoms with Crippen molar-refractivity contribution in [1.29, 1.82) is 0 Å². The average Bonchev–Trinajstić information content (AvgIpc) is 2.13. The number of nitrogens with one attached hydrogen (secondary N) is 1. The highest BCUT2D eigenvalue weighted by atomic mass is 79.9. The molecule has 13 heavy (non-hydrogen) atoms. The molecule has 0 saturated carbocycles. The summed E-state index contributed by atoms with van der Waals surface area (Å²) in [5.41, 5.74) is 0.354. The Balaban J connectivity index is 3.10. The molecule has 0 heterocycles. The van der Waals surface area contributed by atoms with Crippen molar-refractivity contribution < 1.29 is 9.18 Å². The first-order valence-corrected chi connectivity index (χ1v) is 4.56. The molecule has 0 aliphatic carbocycles. The Bertz CT molecular complexity index is 316. The lowest BCUT2D eigenvalue weighted by Crippen LogP contribution is -2.18. The van der Waals surface area contributed by atoms with Crippen LogP contribution in [-0.2, 0) is 4.79 Å². The van der Waals surface area contributed by atoms with Crippen LogP contribution in [0.1, 0.15) is 11.6 Å². The molecule has 1 aromatic carbocycles. The first-order chi connectivity index (χ1) is 6.19. The van der Waals surface area contributed by atoms with Crippen LogP contribution in [-0.4, -0.2) is 13.3 Å². The number of carbonyl (C=O) groups is 1. The van der Waals surface area contributed by atoms with Crippen LogP contribution in [0.4, 0.5) is 4.39 Å². The second kappa shape index (κ2) is 4.48. The summed E-state index contributed by atoms with van der Waals surface area (Å²) in [5.74, 6) is -0.380. The van der Waals surface area contributed by atoms with Gasteiger partial charge in [0.05, 0.1) is 6.04 Å². The van der Waals surface area contributed by atoms with Crippen LogP contribution in [0.5, 0.6) is 0 Å². The van der Waals surface area contributed by atoms with Crippen molar-refractivity contribution in [3.8, 4) is 0 Å². The van der Waals surface area contributed by atoms with Gasteiger partial charge in [0, 0.05) is 10.0 Å². The van der Waals surface area contributed by atoms with E-state index in [1.54, 1.807) is 19.2 Å². The van der Waals surface area contributed by atoms with Crippen LogP contribution in [0.25, 0.3) is 0 Å². The molecule has 0 spiro atoms. The van der Waals surface area contributed by atoms with Gasteiger partial charge in [0.25, 0.3) is 0 Å². The lowest BCUT2D eigenvalue weighted by atomic mass is 10.1. The molecule has 2 nitrogen and oxygen atoms in total. The van der Waals surface area contributed by atoms with E-state index in [1.807, 2.05) is 0 Å². The highest BCUT2D eigenvalue weighted by molar-refractivity contribution is 9.10. The van der Waals surface area contributed by atoms with Gasteiger partial charge in [-0.2, -0.15) is 0 Å². The number of hydrogen-bond donors (Lipinski definition) is 1. The Morgan fingerprint density at radius 2 is 2.31 bits per heavy atom. The Morgan fingerprint density at radius 3 is 2.85 bits per heavy atom. The fraction of sp³-hybridized carbons (Fsp3) is 0.222. The van der Waals surface area contributed by atoms with E-state index in [9.17, 15) is 9.18 Å². The number of rotatable bonds is 3. The maximum atomic E-state index is 13.2. The lowest BCUT2D eigenvalue weighted by molar-refractivity contribution is -0.109. The van der Waals surface area contributed by atoms with E-state index in [0.717, 1.165) is 4.47 Å². The van der Waals surface area contributed by atoms with Crippen molar-refractivity contribution in [3.63, 3.8) is 0 Å². The number of benzene rings is 1. The van der Waals surface area contributed by atoms with Gasteiger partial charge in [0.15, 0.2) is 0 Å². The Labute approximate surface area is 84.3 Å². The van der Waals surface area contributed by atoms with Crippen LogP contribution in [0.2, 0.25) is 0 Å². The number of likely N-dealkylation sites (N-methyl/N-ethyl adjacent to an activating group) is 1. The van der Waals surface area contributed by atoms with Crippen LogP contribution in [0, 0.1) is 5.82 Å². The minimum atomic E-state index is -0.586. The largest absolute Gasteiger partial charge is 0.307 e. The van der Waals surface area contributed by atoms with E-state index < -0.39 is 6.04 Å². The maximum Gasteiger partial charge on any atom is 0.141 e. The number of hydrogen-bond acceptors (Lipinski definition) is 2. The molecule has 1 aromatic rings. The predicted octanol–water partition coefficient (Wildman–Crippen LogP) is 2.05. The van der Waals surface area contributed by atoms with E-state index in [2.05, 4.69) is 21.2 Å². The van der Waals surface area contributed by atoms with Crippen LogP contribution in [0.3, 0.4) is 0 Å². The topological polar surface area (TPSA) is 29.1 Å². The number of halogens is 2. The van der Waals surface area contributed by atoms with Gasteiger partial charge in [0.1, 0.15) is 12.1 Å². The minimum absolute atomic E-state index is 0.354. The summed E-state index contributed by atoms with van der Waals surface area (Å²) in [6.07, 6.45) is 0.671. The minimum Gasteiger partial charge on any atom is -0.307 e. The summed E-state index contributed by atoms with van der Waals surface area (Å²) >= 11 is 3.21. The highest BCUT2D eigenvalue weighted by Crippen LogP contribution is 2.20. The van der Waals surface area contributed by atoms with Crippen molar-refractivity contribution in [1.82, 2.24) is 5.32 Å². The molecule has 0 amide bonds. The third-order valence-corrected chi connectivity index (χ3v) is 2.23. The maximum absolute atomic E-state index is 13.2. The predicted molar refractivity (Wildman–Crippen MR) is 52.0 cm³/mol. The highest BCUT2D eigenvalue weighted by Gasteiger charge is 2.12. The van der Waals surface area contributed by atoms with Gasteiger partial charge in [0.2, 0.25) is 0 Å². The van der Waals surface area contributed by atoms with Crippen molar-refractivity contribution >= 4 is 22.2 Å². The zero-order valence-electron chi connectivity index (χ0n) is 7.05. The molecular weight excluding hydrogens is 237 g/mol. The molecule has 0 fully saturated rings. The second-order valence-corrected chi connectivity index (χ2v) is 3.48. The first kappa shape index (κ1) is 10.3. The summed E-state index contributed by atoms with van der Waals surface area (Å²) in [6, 6.07) is 3.92. The van der Waals surface area contributed by atoms with Crippen LogP contribution in [0.15, 0.2) is 22.7 Å². The molecule has 1 rings (SSSR count). The standard InChI is InChI=1S/C9H9BrFNO/c1-12-9(5-13)7-4-6(10)2-3-8(7)11/h2-5,9,12H,1H3. The molecule has 70 valence electrons. The molecule has 0 aliphatic rings. The van der Waals surface area contributed by atoms with Crippen molar-refractivity contribution in [2.45, 2.75) is 6.04 Å². The molecule has 1 unspecified atom stereocenters. The summed E-state index contributed by atoms with van der Waals surface area (Å²) in [4.78, 5) is 10.6.